The van der Waals surface area contributed by atoms with Crippen molar-refractivity contribution < 1.29 is 14.2 Å². The van der Waals surface area contributed by atoms with E-state index in [9.17, 15) is 4.39 Å². The molecule has 0 radical (unpaired) electrons. The molecule has 0 amide bonds. The third kappa shape index (κ3) is 4.00. The van der Waals surface area contributed by atoms with Crippen LogP contribution in [0.3, 0.4) is 0 Å². The molecule has 2 nitrogen and oxygen atoms in total. The summed E-state index contributed by atoms with van der Waals surface area (Å²) in [6, 6.07) is 4.56. The van der Waals surface area contributed by atoms with Gasteiger partial charge in [-0.2, -0.15) is 0 Å². The van der Waals surface area contributed by atoms with Crippen LogP contribution in [0.2, 0.25) is 0 Å². The maximum absolute atomic E-state index is 13.3. The molecule has 1 rings (SSSR count). The van der Waals surface area contributed by atoms with Crippen molar-refractivity contribution in [2.75, 3.05) is 13.7 Å². The fraction of sp³-hybridized carbons (Fsp3) is 0.571. The number of benzene rings is 1. The summed E-state index contributed by atoms with van der Waals surface area (Å²) in [6.45, 7) is 4.35. The van der Waals surface area contributed by atoms with E-state index < -0.39 is 0 Å². The van der Waals surface area contributed by atoms with E-state index in [0.717, 1.165) is 12.0 Å². The molecule has 0 saturated carbocycles. The zero-order valence-electron chi connectivity index (χ0n) is 10.7. The van der Waals surface area contributed by atoms with E-state index in [4.69, 9.17) is 9.84 Å². The molecule has 1 atom stereocenters. The van der Waals surface area contributed by atoms with E-state index in [0.29, 0.717) is 18.1 Å². The van der Waals surface area contributed by atoms with Gasteiger partial charge >= 0.3 is 0 Å². The quantitative estimate of drug-likeness (QED) is 0.826. The molecule has 0 aromatic heterocycles. The highest BCUT2D eigenvalue weighted by Crippen LogP contribution is 2.34. The second-order valence-corrected chi connectivity index (χ2v) is 4.73. The van der Waals surface area contributed by atoms with Gasteiger partial charge in [-0.15, -0.1) is 0 Å². The van der Waals surface area contributed by atoms with Crippen molar-refractivity contribution in [1.29, 1.82) is 0 Å². The topological polar surface area (TPSA) is 29.5 Å². The molecule has 0 bridgehead atoms. The van der Waals surface area contributed by atoms with Crippen molar-refractivity contribution in [3.8, 4) is 5.75 Å². The molecule has 0 aliphatic rings. The number of hydrogen-bond acceptors (Lipinski definition) is 2. The minimum atomic E-state index is -0.257. The van der Waals surface area contributed by atoms with Crippen molar-refractivity contribution in [3.63, 3.8) is 0 Å². The average molecular weight is 240 g/mol. The fourth-order valence-electron chi connectivity index (χ4n) is 2.15. The molecule has 1 aromatic carbocycles. The Morgan fingerprint density at radius 3 is 2.59 bits per heavy atom. The number of ether oxygens (including phenoxy) is 1. The Bertz CT molecular complexity index is 350. The molecule has 3 heteroatoms. The second-order valence-electron chi connectivity index (χ2n) is 4.73. The third-order valence-corrected chi connectivity index (χ3v) is 2.87. The molecule has 0 saturated heterocycles. The Morgan fingerprint density at radius 2 is 2.06 bits per heavy atom. The van der Waals surface area contributed by atoms with E-state index in [2.05, 4.69) is 13.8 Å². The summed E-state index contributed by atoms with van der Waals surface area (Å²) in [7, 11) is 1.59. The zero-order chi connectivity index (χ0) is 12.8. The molecule has 0 spiro atoms. The summed E-state index contributed by atoms with van der Waals surface area (Å²) in [5.74, 6) is 1.09. The summed E-state index contributed by atoms with van der Waals surface area (Å²) >= 11 is 0. The molecular formula is C14H21FO2. The first kappa shape index (κ1) is 14.0. The molecular weight excluding hydrogens is 219 g/mol. The van der Waals surface area contributed by atoms with E-state index in [-0.39, 0.29) is 18.3 Å². The Morgan fingerprint density at radius 1 is 1.35 bits per heavy atom. The first-order chi connectivity index (χ1) is 8.08. The van der Waals surface area contributed by atoms with Crippen LogP contribution in [-0.2, 0) is 0 Å². The van der Waals surface area contributed by atoms with E-state index in [1.165, 1.54) is 12.1 Å². The van der Waals surface area contributed by atoms with Crippen LogP contribution in [0.5, 0.6) is 5.75 Å². The summed E-state index contributed by atoms with van der Waals surface area (Å²) in [5.41, 5.74) is 0.857. The van der Waals surface area contributed by atoms with E-state index in [1.807, 2.05) is 0 Å². The summed E-state index contributed by atoms with van der Waals surface area (Å²) < 4.78 is 18.6. The number of aliphatic hydroxyl groups is 1. The molecule has 0 fully saturated rings. The van der Waals surface area contributed by atoms with Crippen LogP contribution in [0.15, 0.2) is 18.2 Å². The SMILES string of the molecule is COc1ccc(F)cc1C(CCO)CC(C)C. The molecule has 1 aromatic rings. The molecule has 0 heterocycles. The van der Waals surface area contributed by atoms with Crippen molar-refractivity contribution >= 4 is 0 Å². The van der Waals surface area contributed by atoms with Gasteiger partial charge in [-0.25, -0.2) is 4.39 Å². The maximum Gasteiger partial charge on any atom is 0.123 e. The number of rotatable bonds is 6. The van der Waals surface area contributed by atoms with Crippen LogP contribution in [-0.4, -0.2) is 18.8 Å². The van der Waals surface area contributed by atoms with Crippen LogP contribution in [0, 0.1) is 11.7 Å². The Labute approximate surface area is 102 Å². The number of halogens is 1. The molecule has 1 unspecified atom stereocenters. The number of methoxy groups -OCH3 is 1. The van der Waals surface area contributed by atoms with Crippen molar-refractivity contribution in [1.82, 2.24) is 0 Å². The molecule has 0 aliphatic heterocycles. The Hall–Kier alpha value is -1.09. The normalized spacial score (nSPS) is 12.8. The Kier molecular flexibility index (Phi) is 5.42. The average Bonchev–Trinajstić information content (AvgIpc) is 2.28. The van der Waals surface area contributed by atoms with Gasteiger partial charge in [0.05, 0.1) is 7.11 Å². The van der Waals surface area contributed by atoms with Crippen molar-refractivity contribution in [3.05, 3.63) is 29.6 Å². The van der Waals surface area contributed by atoms with E-state index >= 15 is 0 Å². The van der Waals surface area contributed by atoms with Crippen LogP contribution in [0.1, 0.15) is 38.2 Å². The minimum absolute atomic E-state index is 0.108. The fourth-order valence-corrected chi connectivity index (χ4v) is 2.15. The predicted octanol–water partition coefficient (Wildman–Crippen LogP) is 3.35. The van der Waals surface area contributed by atoms with Gasteiger partial charge in [-0.3, -0.25) is 0 Å². The van der Waals surface area contributed by atoms with Crippen LogP contribution >= 0.6 is 0 Å². The number of hydrogen-bond donors (Lipinski definition) is 1. The summed E-state index contributed by atoms with van der Waals surface area (Å²) in [5, 5.41) is 9.11. The van der Waals surface area contributed by atoms with Gasteiger partial charge in [0.1, 0.15) is 11.6 Å². The summed E-state index contributed by atoms with van der Waals surface area (Å²) in [6.07, 6.45) is 1.55. The van der Waals surface area contributed by atoms with Crippen LogP contribution in [0.25, 0.3) is 0 Å². The minimum Gasteiger partial charge on any atom is -0.496 e. The monoisotopic (exact) mass is 240 g/mol. The lowest BCUT2D eigenvalue weighted by Crippen LogP contribution is -2.07. The maximum atomic E-state index is 13.3. The van der Waals surface area contributed by atoms with Gasteiger partial charge in [0.15, 0.2) is 0 Å². The highest BCUT2D eigenvalue weighted by molar-refractivity contribution is 5.36. The van der Waals surface area contributed by atoms with Gasteiger partial charge < -0.3 is 9.84 Å². The zero-order valence-corrected chi connectivity index (χ0v) is 10.7. The van der Waals surface area contributed by atoms with Crippen LogP contribution < -0.4 is 4.74 Å². The lowest BCUT2D eigenvalue weighted by atomic mass is 9.87. The van der Waals surface area contributed by atoms with Crippen molar-refractivity contribution in [2.45, 2.75) is 32.6 Å². The second kappa shape index (κ2) is 6.60. The van der Waals surface area contributed by atoms with Gasteiger partial charge in [0.25, 0.3) is 0 Å². The predicted molar refractivity (Wildman–Crippen MR) is 66.9 cm³/mol. The third-order valence-electron chi connectivity index (χ3n) is 2.87. The Balaban J connectivity index is 3.02. The van der Waals surface area contributed by atoms with Gasteiger partial charge in [0, 0.05) is 12.2 Å². The first-order valence-electron chi connectivity index (χ1n) is 6.02. The van der Waals surface area contributed by atoms with Gasteiger partial charge in [-0.1, -0.05) is 13.8 Å². The molecule has 1 N–H and O–H groups in total. The highest BCUT2D eigenvalue weighted by atomic mass is 19.1. The molecule has 96 valence electrons. The standard InChI is InChI=1S/C14H21FO2/c1-10(2)8-11(6-7-16)13-9-12(15)4-5-14(13)17-3/h4-5,9-11,16H,6-8H2,1-3H3. The van der Waals surface area contributed by atoms with Crippen LogP contribution in [0.4, 0.5) is 4.39 Å². The number of aliphatic hydroxyl groups excluding tert-OH is 1. The highest BCUT2D eigenvalue weighted by Gasteiger charge is 2.18. The van der Waals surface area contributed by atoms with Gasteiger partial charge in [0.2, 0.25) is 0 Å². The lowest BCUT2D eigenvalue weighted by Gasteiger charge is -2.21. The summed E-state index contributed by atoms with van der Waals surface area (Å²) in [4.78, 5) is 0. The smallest absolute Gasteiger partial charge is 0.123 e. The molecule has 17 heavy (non-hydrogen) atoms. The molecule has 0 aliphatic carbocycles. The first-order valence-corrected chi connectivity index (χ1v) is 6.02. The van der Waals surface area contributed by atoms with Gasteiger partial charge in [-0.05, 0) is 42.9 Å². The van der Waals surface area contributed by atoms with E-state index in [1.54, 1.807) is 13.2 Å². The van der Waals surface area contributed by atoms with Crippen molar-refractivity contribution in [2.24, 2.45) is 5.92 Å². The largest absolute Gasteiger partial charge is 0.496 e. The lowest BCUT2D eigenvalue weighted by molar-refractivity contribution is 0.265.